The molecule has 3 fully saturated rings. The third-order valence-corrected chi connectivity index (χ3v) is 5.84. The van der Waals surface area contributed by atoms with Gasteiger partial charge >= 0.3 is 0 Å². The number of rotatable bonds is 6. The molecular formula is C21H28N4O2. The summed E-state index contributed by atoms with van der Waals surface area (Å²) in [6.07, 6.45) is 4.11. The minimum atomic E-state index is 0.0946. The number of aryl methyl sites for hydroxylation is 1. The molecule has 0 spiro atoms. The molecule has 0 saturated carbocycles. The van der Waals surface area contributed by atoms with Crippen LogP contribution in [0.5, 0.6) is 0 Å². The number of hydrogen-bond donors (Lipinski definition) is 1. The number of fused-ring (bicyclic) bond motifs is 4. The molecule has 0 radical (unpaired) electrons. The van der Waals surface area contributed by atoms with Crippen LogP contribution < -0.4 is 0 Å². The summed E-state index contributed by atoms with van der Waals surface area (Å²) in [6.45, 7) is 5.90. The van der Waals surface area contributed by atoms with Gasteiger partial charge in [-0.3, -0.25) is 14.4 Å². The van der Waals surface area contributed by atoms with E-state index < -0.39 is 0 Å². The Morgan fingerprint density at radius 1 is 1.15 bits per heavy atom. The Balaban J connectivity index is 1.48. The summed E-state index contributed by atoms with van der Waals surface area (Å²) in [5.74, 6) is 0.408. The van der Waals surface area contributed by atoms with E-state index in [0.717, 1.165) is 38.2 Å². The van der Waals surface area contributed by atoms with Crippen LogP contribution in [0.3, 0.4) is 0 Å². The fourth-order valence-electron chi connectivity index (χ4n) is 4.42. The standard InChI is InChI=1S/C21H28N4O2/c1-16-19(14-24(22-16)9-10-26)13-23-12-18-7-8-20(15-23)25(21(18)27)11-17-5-3-2-4-6-17/h2-6,14,18,20,26H,7-13,15H2,1H3/t18-,20+/m1/s1. The van der Waals surface area contributed by atoms with Crippen LogP contribution in [0.1, 0.15) is 29.7 Å². The predicted molar refractivity (Wildman–Crippen MR) is 103 cm³/mol. The van der Waals surface area contributed by atoms with E-state index in [1.54, 1.807) is 0 Å². The highest BCUT2D eigenvalue weighted by Crippen LogP contribution is 2.31. The van der Waals surface area contributed by atoms with Gasteiger partial charge < -0.3 is 10.0 Å². The van der Waals surface area contributed by atoms with Gasteiger partial charge in [-0.2, -0.15) is 5.10 Å². The third-order valence-electron chi connectivity index (χ3n) is 5.84. The van der Waals surface area contributed by atoms with Crippen molar-refractivity contribution in [3.8, 4) is 0 Å². The minimum absolute atomic E-state index is 0.0946. The predicted octanol–water partition coefficient (Wildman–Crippen LogP) is 1.81. The van der Waals surface area contributed by atoms with Crippen LogP contribution in [0.4, 0.5) is 0 Å². The van der Waals surface area contributed by atoms with Crippen LogP contribution in [0.25, 0.3) is 0 Å². The Bertz CT molecular complexity index is 789. The van der Waals surface area contributed by atoms with Gasteiger partial charge in [-0.15, -0.1) is 0 Å². The van der Waals surface area contributed by atoms with E-state index in [1.165, 1.54) is 11.1 Å². The zero-order valence-electron chi connectivity index (χ0n) is 15.9. The quantitative estimate of drug-likeness (QED) is 0.845. The largest absolute Gasteiger partial charge is 0.394 e. The number of hydrogen-bond acceptors (Lipinski definition) is 4. The van der Waals surface area contributed by atoms with Crippen LogP contribution >= 0.6 is 0 Å². The van der Waals surface area contributed by atoms with Gasteiger partial charge in [0.05, 0.1) is 24.8 Å². The first kappa shape index (κ1) is 18.2. The molecule has 6 nitrogen and oxygen atoms in total. The second-order valence-electron chi connectivity index (χ2n) is 7.80. The fourth-order valence-corrected chi connectivity index (χ4v) is 4.42. The van der Waals surface area contributed by atoms with Crippen LogP contribution in [-0.4, -0.2) is 56.3 Å². The molecule has 3 aliphatic heterocycles. The molecule has 3 aliphatic rings. The van der Waals surface area contributed by atoms with Gasteiger partial charge in [-0.1, -0.05) is 30.3 Å². The van der Waals surface area contributed by atoms with Crippen LogP contribution in [-0.2, 0) is 24.4 Å². The Morgan fingerprint density at radius 3 is 2.74 bits per heavy atom. The molecule has 1 aromatic heterocycles. The summed E-state index contributed by atoms with van der Waals surface area (Å²) in [6, 6.07) is 10.6. The topological polar surface area (TPSA) is 61.6 Å². The van der Waals surface area contributed by atoms with Crippen LogP contribution in [0.15, 0.2) is 36.5 Å². The summed E-state index contributed by atoms with van der Waals surface area (Å²) in [7, 11) is 0. The molecule has 3 saturated heterocycles. The maximum absolute atomic E-state index is 13.0. The smallest absolute Gasteiger partial charge is 0.227 e. The van der Waals surface area contributed by atoms with E-state index in [0.29, 0.717) is 19.0 Å². The van der Waals surface area contributed by atoms with Crippen molar-refractivity contribution < 1.29 is 9.90 Å². The average Bonchev–Trinajstić information content (AvgIpc) is 2.82. The van der Waals surface area contributed by atoms with Gasteiger partial charge in [-0.25, -0.2) is 0 Å². The van der Waals surface area contributed by atoms with Gasteiger partial charge in [0.1, 0.15) is 0 Å². The highest BCUT2D eigenvalue weighted by atomic mass is 16.3. The second kappa shape index (κ2) is 7.82. The van der Waals surface area contributed by atoms with E-state index in [2.05, 4.69) is 27.0 Å². The van der Waals surface area contributed by atoms with Gasteiger partial charge in [0, 0.05) is 44.0 Å². The van der Waals surface area contributed by atoms with E-state index >= 15 is 0 Å². The number of piperidine rings is 1. The SMILES string of the molecule is Cc1nn(CCO)cc1CN1C[C@H]2CC[C@@H](C1)N(Cc1ccccc1)C2=O. The fraction of sp³-hybridized carbons (Fsp3) is 0.524. The van der Waals surface area contributed by atoms with Crippen molar-refractivity contribution in [1.29, 1.82) is 0 Å². The first-order valence-corrected chi connectivity index (χ1v) is 9.84. The highest BCUT2D eigenvalue weighted by molar-refractivity contribution is 5.80. The molecule has 144 valence electrons. The van der Waals surface area contributed by atoms with Crippen molar-refractivity contribution in [2.24, 2.45) is 5.92 Å². The van der Waals surface area contributed by atoms with E-state index in [1.807, 2.05) is 36.0 Å². The van der Waals surface area contributed by atoms with E-state index in [9.17, 15) is 4.79 Å². The van der Waals surface area contributed by atoms with Crippen molar-refractivity contribution in [2.45, 2.75) is 45.4 Å². The Labute approximate surface area is 160 Å². The lowest BCUT2D eigenvalue weighted by molar-refractivity contribution is -0.140. The summed E-state index contributed by atoms with van der Waals surface area (Å²) < 4.78 is 1.81. The molecule has 1 aromatic carbocycles. The number of nitrogens with zero attached hydrogens (tertiary/aromatic N) is 4. The summed E-state index contributed by atoms with van der Waals surface area (Å²) in [5.41, 5.74) is 3.39. The van der Waals surface area contributed by atoms with Crippen molar-refractivity contribution in [1.82, 2.24) is 19.6 Å². The third kappa shape index (κ3) is 3.92. The average molecular weight is 368 g/mol. The summed E-state index contributed by atoms with van der Waals surface area (Å²) >= 11 is 0. The minimum Gasteiger partial charge on any atom is -0.394 e. The lowest BCUT2D eigenvalue weighted by atomic mass is 9.93. The molecular weight excluding hydrogens is 340 g/mol. The van der Waals surface area contributed by atoms with Crippen molar-refractivity contribution in [2.75, 3.05) is 19.7 Å². The van der Waals surface area contributed by atoms with Gasteiger partial charge in [-0.05, 0) is 25.3 Å². The van der Waals surface area contributed by atoms with Crippen molar-refractivity contribution in [3.05, 3.63) is 53.3 Å². The molecule has 6 heteroatoms. The van der Waals surface area contributed by atoms with Crippen molar-refractivity contribution in [3.63, 3.8) is 0 Å². The number of aliphatic hydroxyl groups excluding tert-OH is 1. The highest BCUT2D eigenvalue weighted by Gasteiger charge is 2.40. The molecule has 0 unspecified atom stereocenters. The molecule has 2 bridgehead atoms. The number of aliphatic hydroxyl groups is 1. The van der Waals surface area contributed by atoms with E-state index in [4.69, 9.17) is 5.11 Å². The molecule has 0 aliphatic carbocycles. The molecule has 1 N–H and O–H groups in total. The van der Waals surface area contributed by atoms with Gasteiger partial charge in [0.15, 0.2) is 0 Å². The summed E-state index contributed by atoms with van der Waals surface area (Å²) in [5, 5.41) is 13.6. The Morgan fingerprint density at radius 2 is 1.96 bits per heavy atom. The Hall–Kier alpha value is -2.18. The zero-order valence-corrected chi connectivity index (χ0v) is 15.9. The monoisotopic (exact) mass is 368 g/mol. The summed E-state index contributed by atoms with van der Waals surface area (Å²) in [4.78, 5) is 17.5. The van der Waals surface area contributed by atoms with Crippen molar-refractivity contribution >= 4 is 5.91 Å². The number of benzene rings is 1. The lowest BCUT2D eigenvalue weighted by Crippen LogP contribution is -2.47. The van der Waals surface area contributed by atoms with Crippen LogP contribution in [0, 0.1) is 12.8 Å². The van der Waals surface area contributed by atoms with Gasteiger partial charge in [0.25, 0.3) is 0 Å². The second-order valence-corrected chi connectivity index (χ2v) is 7.80. The maximum atomic E-state index is 13.0. The molecule has 4 heterocycles. The molecule has 1 amide bonds. The number of carbonyl (C=O) groups excluding carboxylic acids is 1. The number of amides is 1. The molecule has 2 aromatic rings. The number of aromatic nitrogens is 2. The zero-order chi connectivity index (χ0) is 18.8. The van der Waals surface area contributed by atoms with E-state index in [-0.39, 0.29) is 18.6 Å². The Kier molecular flexibility index (Phi) is 5.27. The number of carbonyl (C=O) groups is 1. The first-order chi connectivity index (χ1) is 13.1. The lowest BCUT2D eigenvalue weighted by Gasteiger charge is -2.36. The van der Waals surface area contributed by atoms with Crippen LogP contribution in [0.2, 0.25) is 0 Å². The first-order valence-electron chi connectivity index (χ1n) is 9.84. The maximum Gasteiger partial charge on any atom is 0.227 e. The molecule has 27 heavy (non-hydrogen) atoms. The van der Waals surface area contributed by atoms with Gasteiger partial charge in [0.2, 0.25) is 5.91 Å². The molecule has 5 rings (SSSR count). The normalized spacial score (nSPS) is 23.0. The molecule has 2 atom stereocenters.